The number of hydrogen-bond acceptors (Lipinski definition) is 7. The summed E-state index contributed by atoms with van der Waals surface area (Å²) < 4.78 is 31.7. The number of aliphatic hydroxyl groups excluding tert-OH is 1. The first-order chi connectivity index (χ1) is 10.0. The Balaban J connectivity index is 3.66. The van der Waals surface area contributed by atoms with Crippen LogP contribution in [0.15, 0.2) is 0 Å². The Kier molecular flexibility index (Phi) is 12.4. The van der Waals surface area contributed by atoms with Crippen LogP contribution in [0.1, 0.15) is 13.3 Å². The maximum atomic E-state index is 9.71. The van der Waals surface area contributed by atoms with Crippen LogP contribution in [0.4, 0.5) is 0 Å². The van der Waals surface area contributed by atoms with Crippen LogP contribution in [0.3, 0.4) is 0 Å². The second-order valence-electron chi connectivity index (χ2n) is 4.73. The van der Waals surface area contributed by atoms with E-state index in [1.54, 1.807) is 28.4 Å². The fourth-order valence-electron chi connectivity index (χ4n) is 1.77. The summed E-state index contributed by atoms with van der Waals surface area (Å²) in [5, 5.41) is 9.71. The third-order valence-corrected chi connectivity index (χ3v) is 5.82. The van der Waals surface area contributed by atoms with Crippen molar-refractivity contribution in [1.82, 2.24) is 0 Å². The van der Waals surface area contributed by atoms with Crippen molar-refractivity contribution in [3.05, 3.63) is 0 Å². The van der Waals surface area contributed by atoms with Gasteiger partial charge < -0.3 is 32.6 Å². The number of hydrogen-bond donors (Lipinski definition) is 1. The second kappa shape index (κ2) is 12.5. The molecule has 0 rings (SSSR count). The summed E-state index contributed by atoms with van der Waals surface area (Å²) in [6.45, 7) is 3.38. The summed E-state index contributed by atoms with van der Waals surface area (Å²) >= 11 is 0. The molecule has 0 saturated heterocycles. The van der Waals surface area contributed by atoms with Gasteiger partial charge in [0, 0.05) is 41.1 Å². The molecule has 0 aliphatic carbocycles. The van der Waals surface area contributed by atoms with Gasteiger partial charge in [-0.1, -0.05) is 0 Å². The van der Waals surface area contributed by atoms with Gasteiger partial charge in [-0.25, -0.2) is 0 Å². The minimum atomic E-state index is -2.51. The highest BCUT2D eigenvalue weighted by Gasteiger charge is 2.36. The van der Waals surface area contributed by atoms with Crippen molar-refractivity contribution in [1.29, 1.82) is 0 Å². The van der Waals surface area contributed by atoms with Gasteiger partial charge in [-0.05, 0) is 13.3 Å². The summed E-state index contributed by atoms with van der Waals surface area (Å²) in [5.41, 5.74) is 0. The molecule has 0 aliphatic rings. The first kappa shape index (κ1) is 20.9. The van der Waals surface area contributed by atoms with Gasteiger partial charge in [0.15, 0.2) is 0 Å². The number of methoxy groups -OCH3 is 1. The normalized spacial score (nSPS) is 15.1. The van der Waals surface area contributed by atoms with Gasteiger partial charge in [0.05, 0.1) is 25.9 Å². The van der Waals surface area contributed by atoms with Gasteiger partial charge in [0.2, 0.25) is 0 Å². The highest BCUT2D eigenvalue weighted by Crippen LogP contribution is 2.14. The third kappa shape index (κ3) is 9.53. The van der Waals surface area contributed by atoms with Gasteiger partial charge in [-0.2, -0.15) is 0 Å². The van der Waals surface area contributed by atoms with Gasteiger partial charge in [0.25, 0.3) is 0 Å². The Hall–Kier alpha value is -0.0631. The van der Waals surface area contributed by atoms with Crippen molar-refractivity contribution >= 4 is 8.80 Å². The minimum absolute atomic E-state index is 0.0404. The Bertz CT molecular complexity index is 230. The molecule has 0 aliphatic heterocycles. The van der Waals surface area contributed by atoms with E-state index in [0.29, 0.717) is 19.3 Å². The minimum Gasteiger partial charge on any atom is -0.388 e. The van der Waals surface area contributed by atoms with Crippen molar-refractivity contribution in [2.45, 2.75) is 31.6 Å². The summed E-state index contributed by atoms with van der Waals surface area (Å²) in [4.78, 5) is 0. The van der Waals surface area contributed by atoms with Crippen LogP contribution < -0.4 is 0 Å². The number of aliphatic hydroxyl groups is 1. The lowest BCUT2D eigenvalue weighted by molar-refractivity contribution is -0.0567. The van der Waals surface area contributed by atoms with Crippen molar-refractivity contribution in [3.63, 3.8) is 0 Å². The predicted molar refractivity (Wildman–Crippen MR) is 80.3 cm³/mol. The summed E-state index contributed by atoms with van der Waals surface area (Å²) in [6, 6.07) is 0.675. The number of rotatable bonds is 14. The van der Waals surface area contributed by atoms with E-state index in [1.165, 1.54) is 0 Å². The molecule has 0 fully saturated rings. The molecule has 128 valence electrons. The third-order valence-electron chi connectivity index (χ3n) is 2.99. The van der Waals surface area contributed by atoms with Crippen molar-refractivity contribution < 1.29 is 32.6 Å². The van der Waals surface area contributed by atoms with Crippen LogP contribution >= 0.6 is 0 Å². The Morgan fingerprint density at radius 3 is 2.10 bits per heavy atom. The molecular weight excluding hydrogens is 296 g/mol. The highest BCUT2D eigenvalue weighted by atomic mass is 28.4. The van der Waals surface area contributed by atoms with Crippen LogP contribution in [-0.2, 0) is 27.5 Å². The molecule has 0 bridgehead atoms. The van der Waals surface area contributed by atoms with E-state index in [0.717, 1.165) is 6.42 Å². The van der Waals surface area contributed by atoms with E-state index < -0.39 is 14.9 Å². The molecule has 0 saturated carbocycles. The van der Waals surface area contributed by atoms with Gasteiger partial charge in [-0.3, -0.25) is 0 Å². The monoisotopic (exact) mass is 326 g/mol. The van der Waals surface area contributed by atoms with E-state index in [2.05, 4.69) is 0 Å². The maximum Gasteiger partial charge on any atom is 0.500 e. The van der Waals surface area contributed by atoms with E-state index in [4.69, 9.17) is 27.5 Å². The molecule has 8 heteroatoms. The van der Waals surface area contributed by atoms with Crippen LogP contribution in [0.25, 0.3) is 0 Å². The topological polar surface area (TPSA) is 75.6 Å². The molecule has 0 spiro atoms. The molecule has 0 aromatic heterocycles. The van der Waals surface area contributed by atoms with Crippen LogP contribution in [0, 0.1) is 0 Å². The molecule has 2 unspecified atom stereocenters. The molecule has 7 nitrogen and oxygen atoms in total. The highest BCUT2D eigenvalue weighted by molar-refractivity contribution is 6.60. The summed E-state index contributed by atoms with van der Waals surface area (Å²) in [7, 11) is 3.86. The maximum absolute atomic E-state index is 9.71. The Labute approximate surface area is 128 Å². The predicted octanol–water partition coefficient (Wildman–Crippen LogP) is 0.684. The standard InChI is InChI=1S/C13H30O7Si/c1-12(9-15-2)20-11-13(14)10-19-7-6-8-21(16-3,17-4)18-5/h12-14H,6-11H2,1-5H3. The zero-order valence-electron chi connectivity index (χ0n) is 13.8. The lowest BCUT2D eigenvalue weighted by Crippen LogP contribution is -2.42. The van der Waals surface area contributed by atoms with Crippen molar-refractivity contribution in [2.24, 2.45) is 0 Å². The zero-order valence-corrected chi connectivity index (χ0v) is 14.8. The van der Waals surface area contributed by atoms with E-state index >= 15 is 0 Å². The molecule has 0 heterocycles. The second-order valence-corrected chi connectivity index (χ2v) is 7.82. The molecule has 21 heavy (non-hydrogen) atoms. The molecular formula is C13H30O7Si. The quantitative estimate of drug-likeness (QED) is 0.372. The van der Waals surface area contributed by atoms with Crippen molar-refractivity contribution in [3.8, 4) is 0 Å². The summed E-state index contributed by atoms with van der Waals surface area (Å²) in [6.07, 6.45) is 0.0648. The van der Waals surface area contributed by atoms with Gasteiger partial charge in [0.1, 0.15) is 6.10 Å². The van der Waals surface area contributed by atoms with Crippen LogP contribution in [0.2, 0.25) is 6.04 Å². The lowest BCUT2D eigenvalue weighted by atomic mass is 10.4. The van der Waals surface area contributed by atoms with Gasteiger partial charge in [-0.15, -0.1) is 0 Å². The Morgan fingerprint density at radius 1 is 0.952 bits per heavy atom. The smallest absolute Gasteiger partial charge is 0.388 e. The lowest BCUT2D eigenvalue weighted by Gasteiger charge is -2.24. The largest absolute Gasteiger partial charge is 0.500 e. The van der Waals surface area contributed by atoms with E-state index in [9.17, 15) is 5.11 Å². The first-order valence-corrected chi connectivity index (χ1v) is 8.98. The van der Waals surface area contributed by atoms with E-state index in [-0.39, 0.29) is 19.3 Å². The average molecular weight is 326 g/mol. The molecule has 0 aromatic rings. The summed E-state index contributed by atoms with van der Waals surface area (Å²) in [5.74, 6) is 0. The fraction of sp³-hybridized carbons (Fsp3) is 1.00. The molecule has 0 radical (unpaired) electrons. The first-order valence-electron chi connectivity index (χ1n) is 7.05. The molecule has 1 N–H and O–H groups in total. The average Bonchev–Trinajstić information content (AvgIpc) is 2.50. The molecule has 0 aromatic carbocycles. The van der Waals surface area contributed by atoms with Crippen LogP contribution in [-0.4, -0.2) is 81.0 Å². The van der Waals surface area contributed by atoms with Crippen LogP contribution in [0.5, 0.6) is 0 Å². The van der Waals surface area contributed by atoms with Gasteiger partial charge >= 0.3 is 8.80 Å². The molecule has 2 atom stereocenters. The Morgan fingerprint density at radius 2 is 1.57 bits per heavy atom. The number of ether oxygens (including phenoxy) is 3. The molecule has 0 amide bonds. The zero-order chi connectivity index (χ0) is 16.1. The SMILES string of the molecule is COCC(C)OCC(O)COCCC[Si](OC)(OC)OC. The van der Waals surface area contributed by atoms with Crippen molar-refractivity contribution in [2.75, 3.05) is 54.9 Å². The van der Waals surface area contributed by atoms with E-state index in [1.807, 2.05) is 6.92 Å². The fourth-order valence-corrected chi connectivity index (χ4v) is 3.46.